The van der Waals surface area contributed by atoms with Gasteiger partial charge in [-0.3, -0.25) is 9.69 Å². The maximum Gasteiger partial charge on any atom is 0.242 e. The molecule has 0 saturated carbocycles. The molecule has 8 heteroatoms. The molecule has 0 aliphatic carbocycles. The summed E-state index contributed by atoms with van der Waals surface area (Å²) in [5.74, 6) is 1.28. The summed E-state index contributed by atoms with van der Waals surface area (Å²) in [6.07, 6.45) is 3.70. The standard InChI is InChI=1S/C24H19Cl2N3O2S/c1-2-12-29-23(30)22(14-16-8-10-19(25)20(26)13-16)32-24(29)28-27-15-18-9-11-21(31-18)17-6-4-3-5-7-17/h2-11,13,15,22H,1,12,14H2/b27-15-,28-24+/t22-/m0/s1. The number of amidine groups is 1. The maximum absolute atomic E-state index is 12.9. The monoisotopic (exact) mass is 483 g/mol. The van der Waals surface area contributed by atoms with Crippen molar-refractivity contribution >= 4 is 52.3 Å². The summed E-state index contributed by atoms with van der Waals surface area (Å²) in [6, 6.07) is 18.9. The van der Waals surface area contributed by atoms with E-state index in [2.05, 4.69) is 16.8 Å². The zero-order valence-corrected chi connectivity index (χ0v) is 19.3. The van der Waals surface area contributed by atoms with Crippen molar-refractivity contribution in [2.45, 2.75) is 11.7 Å². The molecule has 2 heterocycles. The normalized spacial score (nSPS) is 17.6. The number of benzene rings is 2. The average Bonchev–Trinajstić information content (AvgIpc) is 3.38. The SMILES string of the molecule is C=CCN1C(=O)[C@H](Cc2ccc(Cl)c(Cl)c2)S/C1=N/N=C\c1ccc(-c2ccccc2)o1. The fraction of sp³-hybridized carbons (Fsp3) is 0.125. The molecular weight excluding hydrogens is 465 g/mol. The van der Waals surface area contributed by atoms with E-state index in [9.17, 15) is 4.79 Å². The highest BCUT2D eigenvalue weighted by Gasteiger charge is 2.37. The van der Waals surface area contributed by atoms with Crippen molar-refractivity contribution in [3.05, 3.63) is 94.7 Å². The van der Waals surface area contributed by atoms with Gasteiger partial charge in [0.1, 0.15) is 11.5 Å². The maximum atomic E-state index is 12.9. The van der Waals surface area contributed by atoms with Crippen LogP contribution < -0.4 is 0 Å². The largest absolute Gasteiger partial charge is 0.455 e. The van der Waals surface area contributed by atoms with Crippen molar-refractivity contribution < 1.29 is 9.21 Å². The van der Waals surface area contributed by atoms with E-state index >= 15 is 0 Å². The molecule has 1 fully saturated rings. The van der Waals surface area contributed by atoms with Gasteiger partial charge in [0, 0.05) is 12.1 Å². The Morgan fingerprint density at radius 3 is 2.66 bits per heavy atom. The van der Waals surface area contributed by atoms with Gasteiger partial charge < -0.3 is 4.42 Å². The number of rotatable bonds is 7. The van der Waals surface area contributed by atoms with Gasteiger partial charge in [0.05, 0.1) is 21.5 Å². The minimum atomic E-state index is -0.325. The van der Waals surface area contributed by atoms with Gasteiger partial charge in [-0.2, -0.15) is 5.10 Å². The van der Waals surface area contributed by atoms with Gasteiger partial charge in [-0.1, -0.05) is 77.4 Å². The Labute approximate surface area is 200 Å². The number of carbonyl (C=O) groups is 1. The highest BCUT2D eigenvalue weighted by atomic mass is 35.5. The minimum Gasteiger partial charge on any atom is -0.455 e. The van der Waals surface area contributed by atoms with Gasteiger partial charge in [-0.15, -0.1) is 11.7 Å². The molecule has 5 nitrogen and oxygen atoms in total. The summed E-state index contributed by atoms with van der Waals surface area (Å²) in [5.41, 5.74) is 1.91. The Bertz CT molecular complexity index is 1190. The number of hydrogen-bond donors (Lipinski definition) is 0. The molecule has 1 aliphatic rings. The van der Waals surface area contributed by atoms with Crippen LogP contribution in [0.2, 0.25) is 10.0 Å². The molecule has 0 bridgehead atoms. The van der Waals surface area contributed by atoms with Gasteiger partial charge in [-0.25, -0.2) is 0 Å². The molecule has 3 aromatic rings. The Hall–Kier alpha value is -2.80. The number of carbonyl (C=O) groups excluding carboxylic acids is 1. The first-order valence-corrected chi connectivity index (χ1v) is 11.5. The van der Waals surface area contributed by atoms with E-state index in [-0.39, 0.29) is 11.2 Å². The first-order chi connectivity index (χ1) is 15.5. The van der Waals surface area contributed by atoms with Crippen LogP contribution in [-0.4, -0.2) is 34.0 Å². The predicted octanol–water partition coefficient (Wildman–Crippen LogP) is 6.32. The second-order valence-electron chi connectivity index (χ2n) is 6.99. The molecule has 1 amide bonds. The first-order valence-electron chi connectivity index (χ1n) is 9.84. The molecule has 0 N–H and O–H groups in total. The summed E-state index contributed by atoms with van der Waals surface area (Å²) in [4.78, 5) is 14.5. The second kappa shape index (κ2) is 10.2. The van der Waals surface area contributed by atoms with Crippen LogP contribution in [0, 0.1) is 0 Å². The van der Waals surface area contributed by atoms with E-state index < -0.39 is 0 Å². The van der Waals surface area contributed by atoms with E-state index in [0.717, 1.165) is 16.9 Å². The molecule has 32 heavy (non-hydrogen) atoms. The second-order valence-corrected chi connectivity index (χ2v) is 8.98. The third kappa shape index (κ3) is 5.15. The average molecular weight is 484 g/mol. The van der Waals surface area contributed by atoms with E-state index in [1.165, 1.54) is 18.0 Å². The lowest BCUT2D eigenvalue weighted by Crippen LogP contribution is -2.32. The van der Waals surface area contributed by atoms with Crippen molar-refractivity contribution in [1.82, 2.24) is 4.90 Å². The third-order valence-corrected chi connectivity index (χ3v) is 6.65. The molecule has 0 spiro atoms. The molecule has 1 saturated heterocycles. The van der Waals surface area contributed by atoms with Gasteiger partial charge in [-0.05, 0) is 36.2 Å². The van der Waals surface area contributed by atoms with Crippen LogP contribution in [0.1, 0.15) is 11.3 Å². The van der Waals surface area contributed by atoms with Crippen LogP contribution in [0.3, 0.4) is 0 Å². The molecular formula is C24H19Cl2N3O2S. The highest BCUT2D eigenvalue weighted by Crippen LogP contribution is 2.31. The van der Waals surface area contributed by atoms with Crippen molar-refractivity contribution in [3.63, 3.8) is 0 Å². The minimum absolute atomic E-state index is 0.0423. The summed E-state index contributed by atoms with van der Waals surface area (Å²) in [6.45, 7) is 4.10. The van der Waals surface area contributed by atoms with Gasteiger partial charge in [0.2, 0.25) is 5.91 Å². The predicted molar refractivity (Wildman–Crippen MR) is 133 cm³/mol. The molecule has 162 valence electrons. The number of furan rings is 1. The Kier molecular flexibility index (Phi) is 7.15. The fourth-order valence-electron chi connectivity index (χ4n) is 3.21. The molecule has 1 aromatic heterocycles. The van der Waals surface area contributed by atoms with Crippen LogP contribution in [0.4, 0.5) is 0 Å². The molecule has 2 aromatic carbocycles. The lowest BCUT2D eigenvalue weighted by Gasteiger charge is -2.13. The van der Waals surface area contributed by atoms with Gasteiger partial charge in [0.15, 0.2) is 5.17 Å². The van der Waals surface area contributed by atoms with Crippen molar-refractivity contribution in [2.75, 3.05) is 6.54 Å². The molecule has 4 rings (SSSR count). The van der Waals surface area contributed by atoms with E-state index in [4.69, 9.17) is 27.6 Å². The van der Waals surface area contributed by atoms with E-state index in [1.54, 1.807) is 23.1 Å². The lowest BCUT2D eigenvalue weighted by atomic mass is 10.1. The van der Waals surface area contributed by atoms with E-state index in [0.29, 0.717) is 33.9 Å². The van der Waals surface area contributed by atoms with Gasteiger partial charge in [0.25, 0.3) is 0 Å². The van der Waals surface area contributed by atoms with Gasteiger partial charge >= 0.3 is 0 Å². The summed E-state index contributed by atoms with van der Waals surface area (Å²) in [5, 5.41) is 9.57. The third-order valence-electron chi connectivity index (χ3n) is 4.75. The van der Waals surface area contributed by atoms with Crippen LogP contribution in [-0.2, 0) is 11.2 Å². The number of thioether (sulfide) groups is 1. The Balaban J connectivity index is 1.48. The topological polar surface area (TPSA) is 58.2 Å². The number of halogens is 2. The molecule has 0 radical (unpaired) electrons. The van der Waals surface area contributed by atoms with Crippen molar-refractivity contribution in [1.29, 1.82) is 0 Å². The Morgan fingerprint density at radius 1 is 1.09 bits per heavy atom. The summed E-state index contributed by atoms with van der Waals surface area (Å²) >= 11 is 13.5. The molecule has 0 unspecified atom stereocenters. The number of hydrogen-bond acceptors (Lipinski definition) is 5. The molecule has 1 atom stereocenters. The van der Waals surface area contributed by atoms with Crippen LogP contribution in [0.15, 0.2) is 87.9 Å². The fourth-order valence-corrected chi connectivity index (χ4v) is 4.67. The quantitative estimate of drug-likeness (QED) is 0.224. The lowest BCUT2D eigenvalue weighted by molar-refractivity contribution is -0.125. The zero-order valence-electron chi connectivity index (χ0n) is 16.9. The highest BCUT2D eigenvalue weighted by molar-refractivity contribution is 8.15. The van der Waals surface area contributed by atoms with Crippen LogP contribution in [0.5, 0.6) is 0 Å². The smallest absolute Gasteiger partial charge is 0.242 e. The zero-order chi connectivity index (χ0) is 22.5. The van der Waals surface area contributed by atoms with Crippen LogP contribution >= 0.6 is 35.0 Å². The number of nitrogens with zero attached hydrogens (tertiary/aromatic N) is 3. The molecule has 1 aliphatic heterocycles. The summed E-state index contributed by atoms with van der Waals surface area (Å²) < 4.78 is 5.81. The van der Waals surface area contributed by atoms with Crippen molar-refractivity contribution in [2.24, 2.45) is 10.2 Å². The van der Waals surface area contributed by atoms with E-state index in [1.807, 2.05) is 48.5 Å². The van der Waals surface area contributed by atoms with Crippen molar-refractivity contribution in [3.8, 4) is 11.3 Å². The number of amides is 1. The first kappa shape index (κ1) is 22.4. The summed E-state index contributed by atoms with van der Waals surface area (Å²) in [7, 11) is 0. The van der Waals surface area contributed by atoms with Crippen LogP contribution in [0.25, 0.3) is 11.3 Å². The Morgan fingerprint density at radius 2 is 1.91 bits per heavy atom.